The molecule has 0 amide bonds. The number of ether oxygens (including phenoxy) is 2. The minimum Gasteiger partial charge on any atom is -0.490 e. The van der Waals surface area contributed by atoms with Gasteiger partial charge < -0.3 is 19.9 Å². The van der Waals surface area contributed by atoms with Crippen LogP contribution in [0.1, 0.15) is 25.0 Å². The Morgan fingerprint density at radius 3 is 2.45 bits per heavy atom. The van der Waals surface area contributed by atoms with Crippen LogP contribution in [0.25, 0.3) is 0 Å². The molecule has 2 unspecified atom stereocenters. The highest BCUT2D eigenvalue weighted by molar-refractivity contribution is 5.39. The molecule has 0 saturated heterocycles. The Kier molecular flexibility index (Phi) is 7.59. The topological polar surface area (TPSA) is 50.7 Å². The first-order valence-corrected chi connectivity index (χ1v) is 7.22. The van der Waals surface area contributed by atoms with E-state index in [1.54, 1.807) is 0 Å². The zero-order valence-corrected chi connectivity index (χ0v) is 13.0. The Morgan fingerprint density at radius 2 is 1.85 bits per heavy atom. The largest absolute Gasteiger partial charge is 0.490 e. The lowest BCUT2D eigenvalue weighted by molar-refractivity contribution is 0.0903. The molecule has 2 atom stereocenters. The van der Waals surface area contributed by atoms with Crippen molar-refractivity contribution < 1.29 is 14.6 Å². The number of aliphatic hydroxyl groups excluding tert-OH is 1. The Morgan fingerprint density at radius 1 is 1.20 bits per heavy atom. The fourth-order valence-corrected chi connectivity index (χ4v) is 1.96. The maximum atomic E-state index is 9.94. The van der Waals surface area contributed by atoms with Crippen LogP contribution in [0.3, 0.4) is 0 Å². The van der Waals surface area contributed by atoms with Crippen molar-refractivity contribution in [2.45, 2.75) is 39.8 Å². The Hall–Kier alpha value is -1.10. The second-order valence-corrected chi connectivity index (χ2v) is 5.15. The van der Waals surface area contributed by atoms with Crippen LogP contribution in [0.5, 0.6) is 5.75 Å². The number of aryl methyl sites for hydroxylation is 2. The summed E-state index contributed by atoms with van der Waals surface area (Å²) in [4.78, 5) is 0. The number of hydrogen-bond donors (Lipinski definition) is 2. The smallest absolute Gasteiger partial charge is 0.125 e. The standard InChI is InChI=1S/C16H27NO3/c1-5-19-10-14(4)17-9-15(18)11-20-16-12(2)7-6-8-13(16)3/h6-8,14-15,17-18H,5,9-11H2,1-4H3. The van der Waals surface area contributed by atoms with Crippen LogP contribution in [0.4, 0.5) is 0 Å². The quantitative estimate of drug-likeness (QED) is 0.727. The molecule has 4 heteroatoms. The molecule has 1 aromatic carbocycles. The highest BCUT2D eigenvalue weighted by atomic mass is 16.5. The normalized spacial score (nSPS) is 14.1. The van der Waals surface area contributed by atoms with Gasteiger partial charge in [0.15, 0.2) is 0 Å². The summed E-state index contributed by atoms with van der Waals surface area (Å²) < 4.78 is 11.0. The lowest BCUT2D eigenvalue weighted by Gasteiger charge is -2.18. The third kappa shape index (κ3) is 5.90. The van der Waals surface area contributed by atoms with Crippen molar-refractivity contribution in [1.29, 1.82) is 0 Å². The molecule has 0 fully saturated rings. The summed E-state index contributed by atoms with van der Waals surface area (Å²) in [5.41, 5.74) is 2.18. The van der Waals surface area contributed by atoms with E-state index in [4.69, 9.17) is 9.47 Å². The van der Waals surface area contributed by atoms with Gasteiger partial charge in [-0.15, -0.1) is 0 Å². The van der Waals surface area contributed by atoms with Crippen LogP contribution in [0.15, 0.2) is 18.2 Å². The molecule has 0 aliphatic heterocycles. The molecular formula is C16H27NO3. The molecule has 0 aliphatic carbocycles. The Balaban J connectivity index is 2.31. The molecule has 0 heterocycles. The Labute approximate surface area is 122 Å². The SMILES string of the molecule is CCOCC(C)NCC(O)COc1c(C)cccc1C. The minimum atomic E-state index is -0.530. The van der Waals surface area contributed by atoms with Crippen LogP contribution >= 0.6 is 0 Å². The van der Waals surface area contributed by atoms with Gasteiger partial charge in [0, 0.05) is 19.2 Å². The van der Waals surface area contributed by atoms with E-state index in [1.807, 2.05) is 45.9 Å². The molecule has 20 heavy (non-hydrogen) atoms. The molecule has 0 spiro atoms. The van der Waals surface area contributed by atoms with Crippen molar-refractivity contribution in [1.82, 2.24) is 5.32 Å². The lowest BCUT2D eigenvalue weighted by Crippen LogP contribution is -2.38. The fourth-order valence-electron chi connectivity index (χ4n) is 1.96. The highest BCUT2D eigenvalue weighted by Gasteiger charge is 2.10. The monoisotopic (exact) mass is 281 g/mol. The maximum absolute atomic E-state index is 9.94. The van der Waals surface area contributed by atoms with E-state index in [9.17, 15) is 5.11 Å². The van der Waals surface area contributed by atoms with Gasteiger partial charge in [0.25, 0.3) is 0 Å². The molecule has 0 radical (unpaired) electrons. The third-order valence-electron chi connectivity index (χ3n) is 3.10. The van der Waals surface area contributed by atoms with Gasteiger partial charge in [-0.05, 0) is 38.8 Å². The molecule has 114 valence electrons. The summed E-state index contributed by atoms with van der Waals surface area (Å²) >= 11 is 0. The first-order chi connectivity index (χ1) is 9.54. The van der Waals surface area contributed by atoms with E-state index in [2.05, 4.69) is 5.32 Å². The molecule has 0 aliphatic rings. The van der Waals surface area contributed by atoms with Gasteiger partial charge in [-0.1, -0.05) is 18.2 Å². The van der Waals surface area contributed by atoms with E-state index >= 15 is 0 Å². The summed E-state index contributed by atoms with van der Waals surface area (Å²) in [6, 6.07) is 6.25. The van der Waals surface area contributed by atoms with Crippen molar-refractivity contribution in [2.75, 3.05) is 26.4 Å². The van der Waals surface area contributed by atoms with Crippen LogP contribution in [0, 0.1) is 13.8 Å². The first-order valence-electron chi connectivity index (χ1n) is 7.22. The molecule has 0 aromatic heterocycles. The van der Waals surface area contributed by atoms with Gasteiger partial charge in [0.05, 0.1) is 6.61 Å². The van der Waals surface area contributed by atoms with Gasteiger partial charge in [0.2, 0.25) is 0 Å². The van der Waals surface area contributed by atoms with E-state index in [-0.39, 0.29) is 6.04 Å². The van der Waals surface area contributed by atoms with E-state index in [1.165, 1.54) is 0 Å². The molecule has 1 rings (SSSR count). The zero-order valence-electron chi connectivity index (χ0n) is 13.0. The third-order valence-corrected chi connectivity index (χ3v) is 3.10. The fraction of sp³-hybridized carbons (Fsp3) is 0.625. The Bertz CT molecular complexity index is 375. The zero-order chi connectivity index (χ0) is 15.0. The predicted molar refractivity (Wildman–Crippen MR) is 81.4 cm³/mol. The van der Waals surface area contributed by atoms with E-state index < -0.39 is 6.10 Å². The number of nitrogens with one attached hydrogen (secondary N) is 1. The van der Waals surface area contributed by atoms with Gasteiger partial charge in [-0.3, -0.25) is 0 Å². The van der Waals surface area contributed by atoms with Gasteiger partial charge in [-0.2, -0.15) is 0 Å². The van der Waals surface area contributed by atoms with Crippen LogP contribution in [-0.4, -0.2) is 43.6 Å². The summed E-state index contributed by atoms with van der Waals surface area (Å²) in [7, 11) is 0. The number of rotatable bonds is 9. The summed E-state index contributed by atoms with van der Waals surface area (Å²) in [6.07, 6.45) is -0.530. The number of benzene rings is 1. The van der Waals surface area contributed by atoms with Gasteiger partial charge in [-0.25, -0.2) is 0 Å². The second-order valence-electron chi connectivity index (χ2n) is 5.15. The summed E-state index contributed by atoms with van der Waals surface area (Å²) in [5.74, 6) is 0.869. The molecular weight excluding hydrogens is 254 g/mol. The van der Waals surface area contributed by atoms with Crippen molar-refractivity contribution >= 4 is 0 Å². The van der Waals surface area contributed by atoms with Crippen molar-refractivity contribution in [2.24, 2.45) is 0 Å². The highest BCUT2D eigenvalue weighted by Crippen LogP contribution is 2.22. The lowest BCUT2D eigenvalue weighted by atomic mass is 10.1. The second kappa shape index (κ2) is 8.95. The van der Waals surface area contributed by atoms with Crippen molar-refractivity contribution in [3.05, 3.63) is 29.3 Å². The number of hydrogen-bond acceptors (Lipinski definition) is 4. The molecule has 2 N–H and O–H groups in total. The van der Waals surface area contributed by atoms with Crippen molar-refractivity contribution in [3.8, 4) is 5.75 Å². The van der Waals surface area contributed by atoms with Crippen molar-refractivity contribution in [3.63, 3.8) is 0 Å². The molecule has 4 nitrogen and oxygen atoms in total. The molecule has 0 saturated carbocycles. The van der Waals surface area contributed by atoms with Crippen LogP contribution in [0.2, 0.25) is 0 Å². The number of aliphatic hydroxyl groups is 1. The van der Waals surface area contributed by atoms with Gasteiger partial charge >= 0.3 is 0 Å². The average Bonchev–Trinajstić information content (AvgIpc) is 2.42. The minimum absolute atomic E-state index is 0.227. The number of para-hydroxylation sites is 1. The van der Waals surface area contributed by atoms with Crippen LogP contribution < -0.4 is 10.1 Å². The maximum Gasteiger partial charge on any atom is 0.125 e. The first kappa shape index (κ1) is 17.0. The molecule has 0 bridgehead atoms. The predicted octanol–water partition coefficient (Wildman–Crippen LogP) is 2.06. The van der Waals surface area contributed by atoms with E-state index in [0.29, 0.717) is 26.4 Å². The molecule has 1 aromatic rings. The summed E-state index contributed by atoms with van der Waals surface area (Å²) in [5, 5.41) is 13.2. The van der Waals surface area contributed by atoms with Gasteiger partial charge in [0.1, 0.15) is 18.5 Å². The summed E-state index contributed by atoms with van der Waals surface area (Å²) in [6.45, 7) is 10.2. The van der Waals surface area contributed by atoms with E-state index in [0.717, 1.165) is 16.9 Å². The average molecular weight is 281 g/mol. The van der Waals surface area contributed by atoms with Crippen LogP contribution in [-0.2, 0) is 4.74 Å².